The Labute approximate surface area is 122 Å². The van der Waals surface area contributed by atoms with E-state index in [9.17, 15) is 0 Å². The summed E-state index contributed by atoms with van der Waals surface area (Å²) in [6.45, 7) is 1.66. The molecule has 1 fully saturated rings. The minimum Gasteiger partial charge on any atom is -0.329 e. The van der Waals surface area contributed by atoms with E-state index >= 15 is 0 Å². The zero-order valence-corrected chi connectivity index (χ0v) is 12.8. The first-order valence-corrected chi connectivity index (χ1v) is 7.76. The molecule has 18 heavy (non-hydrogen) atoms. The van der Waals surface area contributed by atoms with Gasteiger partial charge in [0.15, 0.2) is 0 Å². The molecular weight excluding hydrogens is 312 g/mol. The van der Waals surface area contributed by atoms with Crippen molar-refractivity contribution in [3.8, 4) is 0 Å². The van der Waals surface area contributed by atoms with Crippen molar-refractivity contribution < 1.29 is 0 Å². The highest BCUT2D eigenvalue weighted by Crippen LogP contribution is 2.29. The molecule has 1 aliphatic carbocycles. The van der Waals surface area contributed by atoms with Gasteiger partial charge in [-0.3, -0.25) is 0 Å². The van der Waals surface area contributed by atoms with Crippen molar-refractivity contribution in [2.24, 2.45) is 11.7 Å². The minimum atomic E-state index is 0.221. The molecule has 0 radical (unpaired) electrons. The maximum Gasteiger partial charge on any atom is 0.0548 e. The monoisotopic (exact) mass is 330 g/mol. The predicted octanol–water partition coefficient (Wildman–Crippen LogP) is 3.88. The summed E-state index contributed by atoms with van der Waals surface area (Å²) in [7, 11) is 0. The van der Waals surface area contributed by atoms with Gasteiger partial charge in [-0.2, -0.15) is 0 Å². The summed E-state index contributed by atoms with van der Waals surface area (Å²) in [4.78, 5) is 0. The lowest BCUT2D eigenvalue weighted by atomic mass is 9.83. The van der Waals surface area contributed by atoms with Gasteiger partial charge in [-0.25, -0.2) is 0 Å². The van der Waals surface area contributed by atoms with Gasteiger partial charge in [-0.1, -0.05) is 36.9 Å². The van der Waals surface area contributed by atoms with Crippen LogP contribution in [0.5, 0.6) is 0 Å². The minimum absolute atomic E-state index is 0.221. The maximum absolute atomic E-state index is 6.00. The summed E-state index contributed by atoms with van der Waals surface area (Å²) in [5.74, 6) is 0.938. The van der Waals surface area contributed by atoms with E-state index in [0.717, 1.165) is 22.0 Å². The van der Waals surface area contributed by atoms with E-state index in [1.807, 2.05) is 12.1 Å². The van der Waals surface area contributed by atoms with Gasteiger partial charge in [0.2, 0.25) is 0 Å². The Morgan fingerprint density at radius 2 is 2.22 bits per heavy atom. The Hall–Kier alpha value is -0.0900. The van der Waals surface area contributed by atoms with Gasteiger partial charge in [0.25, 0.3) is 0 Å². The molecule has 0 heterocycles. The van der Waals surface area contributed by atoms with Crippen LogP contribution >= 0.6 is 27.5 Å². The van der Waals surface area contributed by atoms with Crippen LogP contribution in [0.1, 0.15) is 37.3 Å². The second-order valence-corrected chi connectivity index (χ2v) is 6.26. The van der Waals surface area contributed by atoms with Crippen LogP contribution in [0.3, 0.4) is 0 Å². The van der Waals surface area contributed by atoms with E-state index in [-0.39, 0.29) is 6.04 Å². The van der Waals surface area contributed by atoms with Crippen molar-refractivity contribution in [3.05, 3.63) is 33.3 Å². The number of hydrogen-bond donors (Lipinski definition) is 2. The molecule has 1 aliphatic rings. The van der Waals surface area contributed by atoms with Crippen molar-refractivity contribution in [2.75, 3.05) is 13.1 Å². The Morgan fingerprint density at radius 3 is 2.78 bits per heavy atom. The first-order valence-electron chi connectivity index (χ1n) is 6.59. The maximum atomic E-state index is 6.00. The third-order valence-electron chi connectivity index (χ3n) is 3.75. The molecule has 0 amide bonds. The number of halogens is 2. The third-order valence-corrected chi connectivity index (χ3v) is 4.96. The van der Waals surface area contributed by atoms with Crippen LogP contribution in [0.25, 0.3) is 0 Å². The van der Waals surface area contributed by atoms with Gasteiger partial charge < -0.3 is 11.1 Å². The summed E-state index contributed by atoms with van der Waals surface area (Å²) in [6.07, 6.45) is 5.49. The third kappa shape index (κ3) is 3.70. The Morgan fingerprint density at radius 1 is 1.44 bits per heavy atom. The molecule has 2 rings (SSSR count). The molecule has 2 nitrogen and oxygen atoms in total. The lowest BCUT2D eigenvalue weighted by Crippen LogP contribution is -2.30. The first-order chi connectivity index (χ1) is 8.70. The van der Waals surface area contributed by atoms with Crippen LogP contribution < -0.4 is 11.1 Å². The van der Waals surface area contributed by atoms with Gasteiger partial charge in [-0.15, -0.1) is 0 Å². The number of hydrogen-bond acceptors (Lipinski definition) is 2. The molecule has 1 saturated carbocycles. The molecule has 1 atom stereocenters. The topological polar surface area (TPSA) is 38.0 Å². The van der Waals surface area contributed by atoms with E-state index in [0.29, 0.717) is 6.54 Å². The summed E-state index contributed by atoms with van der Waals surface area (Å²) < 4.78 is 0.931. The number of nitrogens with two attached hydrogens (primary N) is 1. The average molecular weight is 332 g/mol. The van der Waals surface area contributed by atoms with Crippen molar-refractivity contribution in [2.45, 2.75) is 31.7 Å². The predicted molar refractivity (Wildman–Crippen MR) is 80.9 cm³/mol. The van der Waals surface area contributed by atoms with E-state index in [2.05, 4.69) is 27.3 Å². The van der Waals surface area contributed by atoms with Crippen molar-refractivity contribution >= 4 is 27.5 Å². The standard InChI is InChI=1S/C14H20BrClN2/c15-12-8-11(4-5-13(12)16)14(9-17)18-7-6-10-2-1-3-10/h4-5,8,10,14,18H,1-3,6-7,9,17H2. The Kier molecular flexibility index (Phi) is 5.49. The summed E-state index contributed by atoms with van der Waals surface area (Å²) >= 11 is 9.46. The lowest BCUT2D eigenvalue weighted by molar-refractivity contribution is 0.288. The normalized spacial score (nSPS) is 17.5. The molecule has 0 aliphatic heterocycles. The van der Waals surface area contributed by atoms with Crippen LogP contribution in [-0.2, 0) is 0 Å². The molecule has 3 N–H and O–H groups in total. The van der Waals surface area contributed by atoms with Crippen LogP contribution in [0.4, 0.5) is 0 Å². The van der Waals surface area contributed by atoms with E-state index in [1.54, 1.807) is 0 Å². The first kappa shape index (κ1) is 14.3. The number of rotatable bonds is 6. The van der Waals surface area contributed by atoms with E-state index in [4.69, 9.17) is 17.3 Å². The molecule has 0 bridgehead atoms. The highest BCUT2D eigenvalue weighted by Gasteiger charge is 2.17. The fraction of sp³-hybridized carbons (Fsp3) is 0.571. The molecule has 100 valence electrons. The van der Waals surface area contributed by atoms with Crippen LogP contribution in [0.2, 0.25) is 5.02 Å². The summed E-state index contributed by atoms with van der Waals surface area (Å²) in [5.41, 5.74) is 7.04. The molecule has 4 heteroatoms. The molecule has 1 aromatic rings. The van der Waals surface area contributed by atoms with Crippen LogP contribution in [-0.4, -0.2) is 13.1 Å². The van der Waals surface area contributed by atoms with Gasteiger partial charge in [0.1, 0.15) is 0 Å². The summed E-state index contributed by atoms with van der Waals surface area (Å²) in [5, 5.41) is 4.28. The number of benzene rings is 1. The van der Waals surface area contributed by atoms with Crippen molar-refractivity contribution in [1.29, 1.82) is 0 Å². The SMILES string of the molecule is NCC(NCCC1CCC1)c1ccc(Cl)c(Br)c1. The summed E-state index contributed by atoms with van der Waals surface area (Å²) in [6, 6.07) is 6.23. The lowest BCUT2D eigenvalue weighted by Gasteiger charge is -2.26. The van der Waals surface area contributed by atoms with E-state index in [1.165, 1.54) is 31.2 Å². The van der Waals surface area contributed by atoms with Gasteiger partial charge in [0, 0.05) is 17.1 Å². The smallest absolute Gasteiger partial charge is 0.0548 e. The Balaban J connectivity index is 1.87. The highest BCUT2D eigenvalue weighted by atomic mass is 79.9. The fourth-order valence-corrected chi connectivity index (χ4v) is 2.82. The highest BCUT2D eigenvalue weighted by molar-refractivity contribution is 9.10. The number of nitrogens with one attached hydrogen (secondary N) is 1. The Bertz CT molecular complexity index is 393. The molecule has 0 spiro atoms. The zero-order chi connectivity index (χ0) is 13.0. The van der Waals surface area contributed by atoms with Crippen molar-refractivity contribution in [1.82, 2.24) is 5.32 Å². The average Bonchev–Trinajstić information content (AvgIpc) is 2.31. The van der Waals surface area contributed by atoms with Crippen LogP contribution in [0.15, 0.2) is 22.7 Å². The van der Waals surface area contributed by atoms with Gasteiger partial charge in [0.05, 0.1) is 5.02 Å². The quantitative estimate of drug-likeness (QED) is 0.830. The second-order valence-electron chi connectivity index (χ2n) is 5.00. The fourth-order valence-electron chi connectivity index (χ4n) is 2.31. The van der Waals surface area contributed by atoms with Crippen molar-refractivity contribution in [3.63, 3.8) is 0 Å². The van der Waals surface area contributed by atoms with Crippen LogP contribution in [0, 0.1) is 5.92 Å². The molecule has 0 saturated heterocycles. The molecular formula is C14H20BrClN2. The van der Waals surface area contributed by atoms with Gasteiger partial charge >= 0.3 is 0 Å². The second kappa shape index (κ2) is 6.90. The molecule has 0 aromatic heterocycles. The zero-order valence-electron chi connectivity index (χ0n) is 10.5. The molecule has 1 unspecified atom stereocenters. The molecule has 1 aromatic carbocycles. The largest absolute Gasteiger partial charge is 0.329 e. The van der Waals surface area contributed by atoms with Gasteiger partial charge in [-0.05, 0) is 52.5 Å². The van der Waals surface area contributed by atoms with E-state index < -0.39 is 0 Å².